The second kappa shape index (κ2) is 8.31. The molecule has 0 saturated heterocycles. The van der Waals surface area contributed by atoms with E-state index in [9.17, 15) is 0 Å². The Morgan fingerprint density at radius 1 is 1.05 bits per heavy atom. The highest BCUT2D eigenvalue weighted by Crippen LogP contribution is 2.18. The minimum absolute atomic E-state index is 0.374. The lowest BCUT2D eigenvalue weighted by molar-refractivity contribution is 0.344. The van der Waals surface area contributed by atoms with Gasteiger partial charge in [0, 0.05) is 16.2 Å². The first-order chi connectivity index (χ1) is 9.88. The van der Waals surface area contributed by atoms with Gasteiger partial charge < -0.3 is 10.5 Å². The summed E-state index contributed by atoms with van der Waals surface area (Å²) in [7, 11) is 0. The van der Waals surface area contributed by atoms with Crippen LogP contribution in [0.3, 0.4) is 0 Å². The van der Waals surface area contributed by atoms with Crippen molar-refractivity contribution in [2.24, 2.45) is 5.73 Å². The number of ether oxygens (including phenoxy) is 1. The zero-order valence-electron chi connectivity index (χ0n) is 11.2. The SMILES string of the molecule is NCC#Cc1cccc(OCCSc2ccccc2)c1. The van der Waals surface area contributed by atoms with E-state index in [1.54, 1.807) is 11.8 Å². The third kappa shape index (κ3) is 5.00. The molecule has 0 aromatic heterocycles. The molecule has 0 aliphatic carbocycles. The van der Waals surface area contributed by atoms with Crippen molar-refractivity contribution in [3.63, 3.8) is 0 Å². The fourth-order valence-corrected chi connectivity index (χ4v) is 2.40. The van der Waals surface area contributed by atoms with Crippen molar-refractivity contribution in [3.8, 4) is 17.6 Å². The molecule has 102 valence electrons. The van der Waals surface area contributed by atoms with Crippen LogP contribution in [0.4, 0.5) is 0 Å². The van der Waals surface area contributed by atoms with Gasteiger partial charge in [-0.05, 0) is 30.3 Å². The fourth-order valence-electron chi connectivity index (χ4n) is 1.65. The number of nitrogens with two attached hydrogens (primary N) is 1. The average molecular weight is 283 g/mol. The Morgan fingerprint density at radius 2 is 1.90 bits per heavy atom. The fraction of sp³-hybridized carbons (Fsp3) is 0.176. The molecule has 0 atom stereocenters. The molecule has 0 bridgehead atoms. The molecule has 3 heteroatoms. The van der Waals surface area contributed by atoms with E-state index in [1.807, 2.05) is 42.5 Å². The lowest BCUT2D eigenvalue weighted by Crippen LogP contribution is -2.00. The largest absolute Gasteiger partial charge is 0.493 e. The van der Waals surface area contributed by atoms with Gasteiger partial charge in [-0.1, -0.05) is 36.1 Å². The van der Waals surface area contributed by atoms with E-state index in [0.29, 0.717) is 13.2 Å². The number of benzene rings is 2. The molecule has 2 aromatic carbocycles. The van der Waals surface area contributed by atoms with Gasteiger partial charge in [0.25, 0.3) is 0 Å². The zero-order chi connectivity index (χ0) is 14.0. The van der Waals surface area contributed by atoms with Crippen LogP contribution in [0, 0.1) is 11.8 Å². The van der Waals surface area contributed by atoms with Gasteiger partial charge in [0.1, 0.15) is 5.75 Å². The van der Waals surface area contributed by atoms with Gasteiger partial charge in [0.15, 0.2) is 0 Å². The summed E-state index contributed by atoms with van der Waals surface area (Å²) in [6.45, 7) is 1.05. The van der Waals surface area contributed by atoms with Crippen LogP contribution in [0.5, 0.6) is 5.75 Å². The van der Waals surface area contributed by atoms with E-state index < -0.39 is 0 Å². The highest BCUT2D eigenvalue weighted by atomic mass is 32.2. The number of hydrogen-bond donors (Lipinski definition) is 1. The summed E-state index contributed by atoms with van der Waals surface area (Å²) in [5, 5.41) is 0. The van der Waals surface area contributed by atoms with Crippen LogP contribution < -0.4 is 10.5 Å². The lowest BCUT2D eigenvalue weighted by Gasteiger charge is -2.06. The lowest BCUT2D eigenvalue weighted by atomic mass is 10.2. The molecule has 0 spiro atoms. The van der Waals surface area contributed by atoms with Crippen molar-refractivity contribution in [2.45, 2.75) is 4.90 Å². The Hall–Kier alpha value is -1.89. The quantitative estimate of drug-likeness (QED) is 0.520. The highest BCUT2D eigenvalue weighted by molar-refractivity contribution is 7.99. The average Bonchev–Trinajstić information content (AvgIpc) is 2.51. The molecule has 0 heterocycles. The standard InChI is InChI=1S/C17H17NOS/c18-11-5-7-15-6-4-8-16(14-15)19-12-13-20-17-9-2-1-3-10-17/h1-4,6,8-10,14H,11-13,18H2. The first-order valence-corrected chi connectivity index (χ1v) is 7.47. The van der Waals surface area contributed by atoms with Crippen molar-refractivity contribution in [1.82, 2.24) is 0 Å². The smallest absolute Gasteiger partial charge is 0.120 e. The molecule has 20 heavy (non-hydrogen) atoms. The van der Waals surface area contributed by atoms with Gasteiger partial charge in [-0.25, -0.2) is 0 Å². The Bertz CT molecular complexity index is 587. The number of thioether (sulfide) groups is 1. The van der Waals surface area contributed by atoms with E-state index in [-0.39, 0.29) is 0 Å². The van der Waals surface area contributed by atoms with E-state index >= 15 is 0 Å². The van der Waals surface area contributed by atoms with Gasteiger partial charge in [0.05, 0.1) is 13.2 Å². The first kappa shape index (κ1) is 14.5. The molecule has 0 radical (unpaired) electrons. The maximum atomic E-state index is 5.73. The van der Waals surface area contributed by atoms with Crippen LogP contribution in [0.1, 0.15) is 5.56 Å². The molecular weight excluding hydrogens is 266 g/mol. The molecule has 0 saturated carbocycles. The van der Waals surface area contributed by atoms with E-state index in [2.05, 4.69) is 24.0 Å². The molecule has 0 fully saturated rings. The molecule has 2 aromatic rings. The number of hydrogen-bond acceptors (Lipinski definition) is 3. The molecular formula is C17H17NOS. The summed E-state index contributed by atoms with van der Waals surface area (Å²) in [5.74, 6) is 7.61. The monoisotopic (exact) mass is 283 g/mol. The van der Waals surface area contributed by atoms with Crippen molar-refractivity contribution in [2.75, 3.05) is 18.9 Å². The second-order valence-corrected chi connectivity index (χ2v) is 5.21. The summed E-state index contributed by atoms with van der Waals surface area (Å²) in [5.41, 5.74) is 6.29. The summed E-state index contributed by atoms with van der Waals surface area (Å²) in [4.78, 5) is 1.26. The van der Waals surface area contributed by atoms with Gasteiger partial charge in [-0.2, -0.15) is 0 Å². The van der Waals surface area contributed by atoms with Crippen molar-refractivity contribution in [3.05, 3.63) is 60.2 Å². The van der Waals surface area contributed by atoms with Crippen molar-refractivity contribution in [1.29, 1.82) is 0 Å². The first-order valence-electron chi connectivity index (χ1n) is 6.48. The molecule has 0 aliphatic heterocycles. The minimum Gasteiger partial charge on any atom is -0.493 e. The minimum atomic E-state index is 0.374. The van der Waals surface area contributed by atoms with E-state index in [1.165, 1.54) is 4.90 Å². The maximum Gasteiger partial charge on any atom is 0.120 e. The molecule has 2 N–H and O–H groups in total. The molecule has 2 rings (SSSR count). The second-order valence-electron chi connectivity index (χ2n) is 4.04. The van der Waals surface area contributed by atoms with Crippen LogP contribution in [0.25, 0.3) is 0 Å². The van der Waals surface area contributed by atoms with Crippen molar-refractivity contribution < 1.29 is 4.74 Å². The predicted molar refractivity (Wildman–Crippen MR) is 85.0 cm³/mol. The molecule has 2 nitrogen and oxygen atoms in total. The Balaban J connectivity index is 1.79. The third-order valence-corrected chi connectivity index (χ3v) is 3.51. The van der Waals surface area contributed by atoms with E-state index in [0.717, 1.165) is 17.1 Å². The van der Waals surface area contributed by atoms with Crippen LogP contribution >= 0.6 is 11.8 Å². The summed E-state index contributed by atoms with van der Waals surface area (Å²) >= 11 is 1.79. The van der Waals surface area contributed by atoms with Crippen LogP contribution in [-0.2, 0) is 0 Å². The molecule has 0 amide bonds. The van der Waals surface area contributed by atoms with Crippen LogP contribution in [-0.4, -0.2) is 18.9 Å². The molecule has 0 aliphatic rings. The van der Waals surface area contributed by atoms with Gasteiger partial charge in [0.2, 0.25) is 0 Å². The summed E-state index contributed by atoms with van der Waals surface area (Å²) in [6.07, 6.45) is 0. The number of rotatable bonds is 5. The Morgan fingerprint density at radius 3 is 2.70 bits per heavy atom. The predicted octanol–water partition coefficient (Wildman–Crippen LogP) is 3.17. The normalized spacial score (nSPS) is 9.65. The third-order valence-electron chi connectivity index (χ3n) is 2.53. The summed E-state index contributed by atoms with van der Waals surface area (Å²) < 4.78 is 5.73. The highest BCUT2D eigenvalue weighted by Gasteiger charge is 1.96. The Labute approximate surface area is 124 Å². The Kier molecular flexibility index (Phi) is 6.04. The van der Waals surface area contributed by atoms with E-state index in [4.69, 9.17) is 10.5 Å². The molecule has 0 unspecified atom stereocenters. The zero-order valence-corrected chi connectivity index (χ0v) is 12.0. The van der Waals surface area contributed by atoms with Crippen LogP contribution in [0.2, 0.25) is 0 Å². The van der Waals surface area contributed by atoms with Gasteiger partial charge in [-0.3, -0.25) is 0 Å². The topological polar surface area (TPSA) is 35.2 Å². The van der Waals surface area contributed by atoms with Gasteiger partial charge in [-0.15, -0.1) is 11.8 Å². The van der Waals surface area contributed by atoms with Crippen molar-refractivity contribution >= 4 is 11.8 Å². The van der Waals surface area contributed by atoms with Crippen LogP contribution in [0.15, 0.2) is 59.5 Å². The maximum absolute atomic E-state index is 5.73. The van der Waals surface area contributed by atoms with Gasteiger partial charge >= 0.3 is 0 Å². The summed E-state index contributed by atoms with van der Waals surface area (Å²) in [6, 6.07) is 18.1.